The lowest BCUT2D eigenvalue weighted by Gasteiger charge is -2.32. The number of nitrogens with two attached hydrogens (primary N) is 2. The minimum absolute atomic E-state index is 0.0835. The number of carbonyl (C=O) groups is 2. The summed E-state index contributed by atoms with van der Waals surface area (Å²) in [6, 6.07) is 9.22. The first-order valence-electron chi connectivity index (χ1n) is 11.1. The molecule has 4 N–H and O–H groups in total. The quantitative estimate of drug-likeness (QED) is 0.516. The Morgan fingerprint density at radius 2 is 1.91 bits per heavy atom. The van der Waals surface area contributed by atoms with E-state index >= 15 is 0 Å². The lowest BCUT2D eigenvalue weighted by Crippen LogP contribution is -2.40. The highest BCUT2D eigenvalue weighted by Gasteiger charge is 2.29. The van der Waals surface area contributed by atoms with E-state index in [1.54, 1.807) is 46.8 Å². The number of ether oxygens (including phenoxy) is 1. The van der Waals surface area contributed by atoms with Gasteiger partial charge in [0.25, 0.3) is 5.91 Å². The van der Waals surface area contributed by atoms with Crippen molar-refractivity contribution in [3.8, 4) is 22.8 Å². The molecule has 2 heterocycles. The molecular formula is C25H25F2N5O3. The second kappa shape index (κ2) is 9.96. The number of benzene rings is 2. The van der Waals surface area contributed by atoms with Gasteiger partial charge in [-0.1, -0.05) is 6.08 Å². The largest absolute Gasteiger partial charge is 0.454 e. The van der Waals surface area contributed by atoms with Crippen LogP contribution in [0.25, 0.3) is 11.3 Å². The second-order valence-corrected chi connectivity index (χ2v) is 8.20. The van der Waals surface area contributed by atoms with Crippen LogP contribution in [0.5, 0.6) is 11.5 Å². The standard InChI is InChI=1S/C25H25F2N5O3/c1-2-4-21(33)31-12-3-5-17(14-31)32-24(28)22(25(29)34)23(30-32)15-6-9-18(10-7-15)35-20-11-8-16(26)13-19(20)27/h2,4,6-11,13,17H,3,5,12,14,28H2,1H3,(H2,29,34)/b4-2+. The molecule has 182 valence electrons. The summed E-state index contributed by atoms with van der Waals surface area (Å²) in [6.07, 6.45) is 4.70. The van der Waals surface area contributed by atoms with Crippen LogP contribution in [0.1, 0.15) is 36.2 Å². The van der Waals surface area contributed by atoms with Crippen molar-refractivity contribution in [1.82, 2.24) is 14.7 Å². The normalized spacial score (nSPS) is 16.0. The Kier molecular flexibility index (Phi) is 6.81. The van der Waals surface area contributed by atoms with Gasteiger partial charge in [0, 0.05) is 24.7 Å². The summed E-state index contributed by atoms with van der Waals surface area (Å²) < 4.78 is 34.1. The molecule has 3 aromatic rings. The minimum Gasteiger partial charge on any atom is -0.454 e. The Bertz CT molecular complexity index is 1290. The van der Waals surface area contributed by atoms with Gasteiger partial charge in [-0.05, 0) is 62.2 Å². The number of aromatic nitrogens is 2. The predicted octanol–water partition coefficient (Wildman–Crippen LogP) is 4.04. The molecule has 0 aliphatic carbocycles. The molecule has 1 unspecified atom stereocenters. The number of nitrogens with zero attached hydrogens (tertiary/aromatic N) is 3. The van der Waals surface area contributed by atoms with Crippen LogP contribution >= 0.6 is 0 Å². The van der Waals surface area contributed by atoms with Crippen molar-refractivity contribution in [1.29, 1.82) is 0 Å². The number of rotatable bonds is 6. The van der Waals surface area contributed by atoms with Crippen LogP contribution in [0, 0.1) is 11.6 Å². The molecule has 1 aliphatic heterocycles. The highest BCUT2D eigenvalue weighted by Crippen LogP contribution is 2.33. The van der Waals surface area contributed by atoms with Crippen molar-refractivity contribution in [2.45, 2.75) is 25.8 Å². The zero-order valence-corrected chi connectivity index (χ0v) is 19.1. The first-order valence-corrected chi connectivity index (χ1v) is 11.1. The number of amides is 2. The minimum atomic E-state index is -0.828. The summed E-state index contributed by atoms with van der Waals surface area (Å²) in [4.78, 5) is 26.3. The second-order valence-electron chi connectivity index (χ2n) is 8.20. The Morgan fingerprint density at radius 1 is 1.17 bits per heavy atom. The molecule has 8 nitrogen and oxygen atoms in total. The van der Waals surface area contributed by atoms with E-state index in [-0.39, 0.29) is 29.1 Å². The number of hydrogen-bond acceptors (Lipinski definition) is 5. The van der Waals surface area contributed by atoms with Crippen molar-refractivity contribution in [2.75, 3.05) is 18.8 Å². The van der Waals surface area contributed by atoms with Gasteiger partial charge in [0.2, 0.25) is 5.91 Å². The maximum absolute atomic E-state index is 13.9. The number of hydrogen-bond donors (Lipinski definition) is 2. The van der Waals surface area contributed by atoms with Gasteiger partial charge in [-0.15, -0.1) is 0 Å². The first-order chi connectivity index (χ1) is 16.8. The molecule has 1 atom stereocenters. The lowest BCUT2D eigenvalue weighted by molar-refractivity contribution is -0.127. The molecule has 1 saturated heterocycles. The van der Waals surface area contributed by atoms with E-state index in [0.29, 0.717) is 30.1 Å². The number of allylic oxidation sites excluding steroid dienone is 1. The van der Waals surface area contributed by atoms with Gasteiger partial charge < -0.3 is 21.1 Å². The third-order valence-corrected chi connectivity index (χ3v) is 5.81. The van der Waals surface area contributed by atoms with Gasteiger partial charge in [0.05, 0.1) is 6.04 Å². The predicted molar refractivity (Wildman–Crippen MR) is 127 cm³/mol. The maximum Gasteiger partial charge on any atom is 0.254 e. The fourth-order valence-electron chi connectivity index (χ4n) is 4.14. The number of nitrogen functional groups attached to an aromatic ring is 1. The van der Waals surface area contributed by atoms with E-state index in [1.807, 2.05) is 0 Å². The molecule has 1 aliphatic rings. The van der Waals surface area contributed by atoms with E-state index in [0.717, 1.165) is 25.0 Å². The monoisotopic (exact) mass is 481 g/mol. The van der Waals surface area contributed by atoms with E-state index in [9.17, 15) is 18.4 Å². The SMILES string of the molecule is C/C=C/C(=O)N1CCCC(n2nc(-c3ccc(Oc4ccc(F)cc4F)cc3)c(C(N)=O)c2N)C1. The molecule has 35 heavy (non-hydrogen) atoms. The van der Waals surface area contributed by atoms with Crippen molar-refractivity contribution in [3.05, 3.63) is 71.8 Å². The number of primary amides is 1. The molecule has 1 fully saturated rings. The molecule has 0 saturated carbocycles. The third-order valence-electron chi connectivity index (χ3n) is 5.81. The van der Waals surface area contributed by atoms with Crippen molar-refractivity contribution in [3.63, 3.8) is 0 Å². The molecule has 1 aromatic heterocycles. The lowest BCUT2D eigenvalue weighted by atomic mass is 10.1. The highest BCUT2D eigenvalue weighted by molar-refractivity contribution is 6.03. The molecule has 10 heteroatoms. The van der Waals surface area contributed by atoms with Gasteiger partial charge in [-0.2, -0.15) is 5.10 Å². The van der Waals surface area contributed by atoms with Crippen LogP contribution < -0.4 is 16.2 Å². The molecule has 2 amide bonds. The van der Waals surface area contributed by atoms with Crippen LogP contribution in [-0.4, -0.2) is 39.6 Å². The van der Waals surface area contributed by atoms with Crippen LogP contribution in [0.15, 0.2) is 54.6 Å². The Labute approximate surface area is 200 Å². The maximum atomic E-state index is 13.9. The zero-order valence-electron chi connectivity index (χ0n) is 19.1. The van der Waals surface area contributed by atoms with E-state index in [1.165, 1.54) is 12.1 Å². The van der Waals surface area contributed by atoms with Crippen molar-refractivity contribution in [2.24, 2.45) is 5.73 Å². The van der Waals surface area contributed by atoms with E-state index in [4.69, 9.17) is 16.2 Å². The summed E-state index contributed by atoms with van der Waals surface area (Å²) in [5.74, 6) is -2.04. The molecule has 2 aromatic carbocycles. The molecular weight excluding hydrogens is 456 g/mol. The summed E-state index contributed by atoms with van der Waals surface area (Å²) in [5.41, 5.74) is 12.9. The van der Waals surface area contributed by atoms with Gasteiger partial charge in [0.1, 0.15) is 28.6 Å². The van der Waals surface area contributed by atoms with Gasteiger partial charge in [-0.25, -0.2) is 13.5 Å². The number of likely N-dealkylation sites (tertiary alicyclic amines) is 1. The molecule has 0 spiro atoms. The Balaban J connectivity index is 1.62. The average Bonchev–Trinajstić information content (AvgIpc) is 3.19. The van der Waals surface area contributed by atoms with E-state index in [2.05, 4.69) is 5.10 Å². The number of anilines is 1. The Hall–Kier alpha value is -4.21. The summed E-state index contributed by atoms with van der Waals surface area (Å²) in [6.45, 7) is 2.82. The third kappa shape index (κ3) is 5.01. The smallest absolute Gasteiger partial charge is 0.254 e. The van der Waals surface area contributed by atoms with Crippen molar-refractivity contribution < 1.29 is 23.1 Å². The molecule has 0 bridgehead atoms. The molecule has 4 rings (SSSR count). The summed E-state index contributed by atoms with van der Waals surface area (Å²) in [7, 11) is 0. The van der Waals surface area contributed by atoms with Crippen molar-refractivity contribution >= 4 is 17.6 Å². The van der Waals surface area contributed by atoms with Crippen LogP contribution in [0.4, 0.5) is 14.6 Å². The van der Waals surface area contributed by atoms with Gasteiger partial charge in [-0.3, -0.25) is 9.59 Å². The Morgan fingerprint density at radius 3 is 2.57 bits per heavy atom. The van der Waals surface area contributed by atoms with E-state index < -0.39 is 17.5 Å². The average molecular weight is 482 g/mol. The number of halogens is 2. The number of piperidine rings is 1. The zero-order chi connectivity index (χ0) is 25.1. The number of carbonyl (C=O) groups excluding carboxylic acids is 2. The van der Waals surface area contributed by atoms with Crippen LogP contribution in [0.2, 0.25) is 0 Å². The summed E-state index contributed by atoms with van der Waals surface area (Å²) in [5, 5.41) is 4.59. The topological polar surface area (TPSA) is 116 Å². The van der Waals surface area contributed by atoms with Gasteiger partial charge >= 0.3 is 0 Å². The molecule has 0 radical (unpaired) electrons. The first kappa shape index (κ1) is 23.9. The highest BCUT2D eigenvalue weighted by atomic mass is 19.1. The fraction of sp³-hybridized carbons (Fsp3) is 0.240. The summed E-state index contributed by atoms with van der Waals surface area (Å²) >= 11 is 0. The van der Waals surface area contributed by atoms with Gasteiger partial charge in [0.15, 0.2) is 11.6 Å². The fourth-order valence-corrected chi connectivity index (χ4v) is 4.14. The van der Waals surface area contributed by atoms with Crippen LogP contribution in [0.3, 0.4) is 0 Å². The van der Waals surface area contributed by atoms with Crippen LogP contribution in [-0.2, 0) is 4.79 Å².